The zero-order chi connectivity index (χ0) is 15.3. The first-order chi connectivity index (χ1) is 10.0. The lowest BCUT2D eigenvalue weighted by atomic mass is 10.2. The van der Waals surface area contributed by atoms with E-state index >= 15 is 0 Å². The minimum atomic E-state index is -3.49. The molecule has 0 spiro atoms. The molecule has 8 heteroatoms. The minimum Gasteiger partial charge on any atom is -0.316 e. The third-order valence-electron chi connectivity index (χ3n) is 3.09. The molecule has 2 N–H and O–H groups in total. The number of rotatable bonds is 6. The van der Waals surface area contributed by atoms with Crippen LogP contribution in [0.15, 0.2) is 23.1 Å². The fourth-order valence-corrected chi connectivity index (χ4v) is 6.11. The standard InChI is InChI=1S/C13H19ClN2O2S3/c1-15-7-10-2-3-12(6-13(10)14)21(17,18)16-8-11-9-19-4-5-20-11/h2-3,6,11,15-16H,4-5,7-9H2,1H3. The summed E-state index contributed by atoms with van der Waals surface area (Å²) >= 11 is 9.83. The van der Waals surface area contributed by atoms with Gasteiger partial charge in [0.2, 0.25) is 10.0 Å². The van der Waals surface area contributed by atoms with E-state index in [1.807, 2.05) is 30.6 Å². The van der Waals surface area contributed by atoms with E-state index in [4.69, 9.17) is 11.6 Å². The van der Waals surface area contributed by atoms with Crippen LogP contribution in [0.25, 0.3) is 0 Å². The smallest absolute Gasteiger partial charge is 0.240 e. The van der Waals surface area contributed by atoms with Gasteiger partial charge < -0.3 is 5.32 Å². The summed E-state index contributed by atoms with van der Waals surface area (Å²) in [6, 6.07) is 4.86. The van der Waals surface area contributed by atoms with Crippen LogP contribution in [0.5, 0.6) is 0 Å². The maximum atomic E-state index is 12.3. The molecular formula is C13H19ClN2O2S3. The first-order valence-corrected chi connectivity index (χ1v) is 10.7. The van der Waals surface area contributed by atoms with Crippen LogP contribution in [0.2, 0.25) is 5.02 Å². The van der Waals surface area contributed by atoms with Gasteiger partial charge in [-0.25, -0.2) is 13.1 Å². The van der Waals surface area contributed by atoms with Crippen LogP contribution in [0.4, 0.5) is 0 Å². The number of halogens is 1. The molecule has 118 valence electrons. The molecule has 0 amide bonds. The number of sulfonamides is 1. The van der Waals surface area contributed by atoms with Crippen LogP contribution in [-0.4, -0.2) is 44.5 Å². The quantitative estimate of drug-likeness (QED) is 0.808. The van der Waals surface area contributed by atoms with Gasteiger partial charge in [0.05, 0.1) is 4.90 Å². The molecule has 1 aliphatic heterocycles. The van der Waals surface area contributed by atoms with E-state index in [1.165, 1.54) is 6.07 Å². The van der Waals surface area contributed by atoms with E-state index in [-0.39, 0.29) is 4.90 Å². The van der Waals surface area contributed by atoms with Crippen LogP contribution in [-0.2, 0) is 16.6 Å². The Kier molecular flexibility index (Phi) is 6.71. The molecule has 1 aromatic rings. The molecule has 21 heavy (non-hydrogen) atoms. The van der Waals surface area contributed by atoms with Crippen LogP contribution >= 0.6 is 35.1 Å². The Labute approximate surface area is 139 Å². The van der Waals surface area contributed by atoms with Gasteiger partial charge >= 0.3 is 0 Å². The van der Waals surface area contributed by atoms with Gasteiger partial charge in [-0.3, -0.25) is 0 Å². The monoisotopic (exact) mass is 366 g/mol. The van der Waals surface area contributed by atoms with Gasteiger partial charge in [-0.15, -0.1) is 0 Å². The molecule has 1 heterocycles. The predicted molar refractivity (Wildman–Crippen MR) is 93.0 cm³/mol. The number of hydrogen-bond donors (Lipinski definition) is 2. The Bertz CT molecular complexity index is 575. The predicted octanol–water partition coefficient (Wildman–Crippen LogP) is 2.19. The summed E-state index contributed by atoms with van der Waals surface area (Å²) in [6.45, 7) is 1.08. The molecule has 4 nitrogen and oxygen atoms in total. The maximum absolute atomic E-state index is 12.3. The van der Waals surface area contributed by atoms with Gasteiger partial charge in [-0.1, -0.05) is 17.7 Å². The van der Waals surface area contributed by atoms with Gasteiger partial charge in [0, 0.05) is 40.6 Å². The third-order valence-corrected chi connectivity index (χ3v) is 7.71. The molecule has 0 bridgehead atoms. The lowest BCUT2D eigenvalue weighted by molar-refractivity contribution is 0.581. The zero-order valence-electron chi connectivity index (χ0n) is 11.8. The normalized spacial score (nSPS) is 19.6. The van der Waals surface area contributed by atoms with Crippen LogP contribution < -0.4 is 10.0 Å². The van der Waals surface area contributed by atoms with E-state index in [0.717, 1.165) is 22.8 Å². The van der Waals surface area contributed by atoms with E-state index in [9.17, 15) is 8.42 Å². The van der Waals surface area contributed by atoms with E-state index in [1.54, 1.807) is 12.1 Å². The summed E-state index contributed by atoms with van der Waals surface area (Å²) in [6.07, 6.45) is 0. The Morgan fingerprint density at radius 3 is 2.81 bits per heavy atom. The Morgan fingerprint density at radius 1 is 1.38 bits per heavy atom. The molecule has 0 saturated carbocycles. The summed E-state index contributed by atoms with van der Waals surface area (Å²) in [5.74, 6) is 3.23. The Morgan fingerprint density at radius 2 is 2.19 bits per heavy atom. The van der Waals surface area contributed by atoms with Gasteiger partial charge in [-0.05, 0) is 24.7 Å². The molecule has 1 unspecified atom stereocenters. The maximum Gasteiger partial charge on any atom is 0.240 e. The van der Waals surface area contributed by atoms with Crippen molar-refractivity contribution in [2.75, 3.05) is 30.9 Å². The molecule has 2 rings (SSSR count). The average Bonchev–Trinajstić information content (AvgIpc) is 2.48. The van der Waals surface area contributed by atoms with Crippen LogP contribution in [0.3, 0.4) is 0 Å². The molecule has 1 aliphatic rings. The number of benzene rings is 1. The van der Waals surface area contributed by atoms with E-state index in [2.05, 4.69) is 10.0 Å². The van der Waals surface area contributed by atoms with Gasteiger partial charge in [0.25, 0.3) is 0 Å². The summed E-state index contributed by atoms with van der Waals surface area (Å²) in [7, 11) is -1.67. The first kappa shape index (κ1) is 17.4. The molecule has 0 radical (unpaired) electrons. The Hall–Kier alpha value is 0.0800. The molecule has 1 fully saturated rings. The molecule has 1 atom stereocenters. The van der Waals surface area contributed by atoms with E-state index < -0.39 is 10.0 Å². The van der Waals surface area contributed by atoms with Crippen molar-refractivity contribution in [3.63, 3.8) is 0 Å². The third kappa shape index (κ3) is 5.04. The van der Waals surface area contributed by atoms with Crippen molar-refractivity contribution >= 4 is 45.1 Å². The molecule has 1 aromatic carbocycles. The topological polar surface area (TPSA) is 58.2 Å². The van der Waals surface area contributed by atoms with Gasteiger partial charge in [-0.2, -0.15) is 23.5 Å². The first-order valence-electron chi connectivity index (χ1n) is 6.65. The largest absolute Gasteiger partial charge is 0.316 e. The summed E-state index contributed by atoms with van der Waals surface area (Å²) in [5.41, 5.74) is 0.886. The highest BCUT2D eigenvalue weighted by Gasteiger charge is 2.20. The van der Waals surface area contributed by atoms with Crippen LogP contribution in [0, 0.1) is 0 Å². The van der Waals surface area contributed by atoms with Gasteiger partial charge in [0.1, 0.15) is 0 Å². The summed E-state index contributed by atoms with van der Waals surface area (Å²) in [5, 5.41) is 3.81. The second-order valence-corrected chi connectivity index (χ2v) is 9.44. The number of hydrogen-bond acceptors (Lipinski definition) is 5. The SMILES string of the molecule is CNCc1ccc(S(=O)(=O)NCC2CSCCS2)cc1Cl. The highest BCUT2D eigenvalue weighted by atomic mass is 35.5. The second-order valence-electron chi connectivity index (χ2n) is 4.70. The van der Waals surface area contributed by atoms with Crippen molar-refractivity contribution in [3.05, 3.63) is 28.8 Å². The zero-order valence-corrected chi connectivity index (χ0v) is 15.0. The highest BCUT2D eigenvalue weighted by Crippen LogP contribution is 2.24. The fraction of sp³-hybridized carbons (Fsp3) is 0.538. The summed E-state index contributed by atoms with van der Waals surface area (Å²) < 4.78 is 27.3. The lowest BCUT2D eigenvalue weighted by Crippen LogP contribution is -2.33. The fourth-order valence-electron chi connectivity index (χ4n) is 1.97. The molecule has 1 saturated heterocycles. The van der Waals surface area contributed by atoms with Crippen molar-refractivity contribution in [1.82, 2.24) is 10.0 Å². The van der Waals surface area contributed by atoms with Crippen molar-refractivity contribution in [2.24, 2.45) is 0 Å². The lowest BCUT2D eigenvalue weighted by Gasteiger charge is -2.21. The minimum absolute atomic E-state index is 0.223. The van der Waals surface area contributed by atoms with E-state index in [0.29, 0.717) is 23.4 Å². The number of thioether (sulfide) groups is 2. The van der Waals surface area contributed by atoms with Crippen molar-refractivity contribution in [3.8, 4) is 0 Å². The van der Waals surface area contributed by atoms with Crippen molar-refractivity contribution < 1.29 is 8.42 Å². The van der Waals surface area contributed by atoms with Crippen molar-refractivity contribution in [2.45, 2.75) is 16.7 Å². The summed E-state index contributed by atoms with van der Waals surface area (Å²) in [4.78, 5) is 0.223. The highest BCUT2D eigenvalue weighted by molar-refractivity contribution is 8.06. The number of nitrogens with one attached hydrogen (secondary N) is 2. The van der Waals surface area contributed by atoms with Gasteiger partial charge in [0.15, 0.2) is 0 Å². The molecule has 0 aliphatic carbocycles. The Balaban J connectivity index is 2.03. The average molecular weight is 367 g/mol. The second kappa shape index (κ2) is 8.08. The van der Waals surface area contributed by atoms with Crippen LogP contribution in [0.1, 0.15) is 5.56 Å². The van der Waals surface area contributed by atoms with Crippen molar-refractivity contribution in [1.29, 1.82) is 0 Å². The molecular weight excluding hydrogens is 348 g/mol. The molecule has 0 aromatic heterocycles.